The van der Waals surface area contributed by atoms with E-state index in [0.29, 0.717) is 22.8 Å². The van der Waals surface area contributed by atoms with Gasteiger partial charge >= 0.3 is 0 Å². The van der Waals surface area contributed by atoms with Crippen LogP contribution in [0.3, 0.4) is 0 Å². The number of benzene rings is 8. The standard InChI is InChI=1S/C49H30N4O/c1-3-13-32(14-4-1)47-50-48(33-15-5-2-6-16-33)52-49(51-47)45-37(27-28-40-39-20-10-12-22-44(39)54-46(40)45)31-23-25-36(26-24-31)53-42-21-11-9-19-38(42)41-29-34-17-7-8-18-35(34)30-43(41)53/h1-30H/i10D,12D,20D,22D,27D,28D. The van der Waals surface area contributed by atoms with E-state index in [2.05, 4.69) is 41.0 Å². The molecule has 252 valence electrons. The first-order chi connectivity index (χ1) is 29.3. The lowest BCUT2D eigenvalue weighted by atomic mass is 9.96. The van der Waals surface area contributed by atoms with Crippen LogP contribution in [0.1, 0.15) is 8.22 Å². The van der Waals surface area contributed by atoms with E-state index in [9.17, 15) is 2.74 Å². The molecule has 0 N–H and O–H groups in total. The van der Waals surface area contributed by atoms with E-state index in [-0.39, 0.29) is 57.5 Å². The van der Waals surface area contributed by atoms with E-state index in [0.717, 1.165) is 49.4 Å². The van der Waals surface area contributed by atoms with Crippen LogP contribution < -0.4 is 0 Å². The van der Waals surface area contributed by atoms with E-state index in [1.54, 1.807) is 0 Å². The summed E-state index contributed by atoms with van der Waals surface area (Å²) in [5.74, 6) is 0.896. The van der Waals surface area contributed by atoms with Gasteiger partial charge in [-0.2, -0.15) is 0 Å². The normalized spacial score (nSPS) is 13.3. The number of hydrogen-bond acceptors (Lipinski definition) is 4. The van der Waals surface area contributed by atoms with Gasteiger partial charge in [-0.25, -0.2) is 15.0 Å². The number of rotatable bonds is 5. The molecule has 0 radical (unpaired) electrons. The monoisotopic (exact) mass is 696 g/mol. The predicted molar refractivity (Wildman–Crippen MR) is 221 cm³/mol. The molecule has 0 saturated heterocycles. The largest absolute Gasteiger partial charge is 0.455 e. The zero-order chi connectivity index (χ0) is 40.8. The molecular formula is C49H30N4O. The minimum absolute atomic E-state index is 0.0251. The Labute approximate surface area is 318 Å². The summed E-state index contributed by atoms with van der Waals surface area (Å²) in [5.41, 5.74) is 5.58. The molecule has 11 aromatic rings. The highest BCUT2D eigenvalue weighted by Crippen LogP contribution is 2.42. The first-order valence-electron chi connectivity index (χ1n) is 20.6. The van der Waals surface area contributed by atoms with Crippen molar-refractivity contribution >= 4 is 54.5 Å². The van der Waals surface area contributed by atoms with E-state index in [1.165, 1.54) is 0 Å². The molecule has 0 aliphatic rings. The van der Waals surface area contributed by atoms with Gasteiger partial charge in [0.15, 0.2) is 17.5 Å². The molecule has 0 aliphatic heterocycles. The van der Waals surface area contributed by atoms with Gasteiger partial charge < -0.3 is 8.98 Å². The van der Waals surface area contributed by atoms with Crippen molar-refractivity contribution in [1.82, 2.24) is 19.5 Å². The lowest BCUT2D eigenvalue weighted by Gasteiger charge is -2.14. The van der Waals surface area contributed by atoms with Gasteiger partial charge in [-0.3, -0.25) is 0 Å². The summed E-state index contributed by atoms with van der Waals surface area (Å²) < 4.78 is 62.4. The molecule has 3 heterocycles. The Balaban J connectivity index is 1.21. The number of hydrogen-bond donors (Lipinski definition) is 0. The summed E-state index contributed by atoms with van der Waals surface area (Å²) in [6, 6.07) is 45.8. The van der Waals surface area contributed by atoms with Gasteiger partial charge in [-0.1, -0.05) is 139 Å². The number of furan rings is 1. The van der Waals surface area contributed by atoms with Crippen molar-refractivity contribution in [3.05, 3.63) is 182 Å². The average molecular weight is 697 g/mol. The molecule has 0 bridgehead atoms. The Bertz CT molecular complexity index is 3490. The molecule has 5 heteroatoms. The highest BCUT2D eigenvalue weighted by Gasteiger charge is 2.22. The Morgan fingerprint density at radius 1 is 0.463 bits per heavy atom. The van der Waals surface area contributed by atoms with Crippen molar-refractivity contribution in [3.63, 3.8) is 0 Å². The van der Waals surface area contributed by atoms with Crippen molar-refractivity contribution in [2.45, 2.75) is 0 Å². The second kappa shape index (κ2) is 12.1. The van der Waals surface area contributed by atoms with Crippen LogP contribution in [0.2, 0.25) is 0 Å². The van der Waals surface area contributed by atoms with Crippen LogP contribution in [0.15, 0.2) is 186 Å². The minimum atomic E-state index is -0.461. The lowest BCUT2D eigenvalue weighted by molar-refractivity contribution is 0.669. The summed E-state index contributed by atoms with van der Waals surface area (Å²) in [6.45, 7) is 0. The summed E-state index contributed by atoms with van der Waals surface area (Å²) in [5, 5.41) is 4.64. The first-order valence-corrected chi connectivity index (χ1v) is 17.6. The van der Waals surface area contributed by atoms with Crippen molar-refractivity contribution < 1.29 is 12.6 Å². The second-order valence-corrected chi connectivity index (χ2v) is 13.2. The van der Waals surface area contributed by atoms with E-state index < -0.39 is 12.1 Å². The fourth-order valence-corrected chi connectivity index (χ4v) is 7.48. The molecule has 0 saturated carbocycles. The van der Waals surface area contributed by atoms with Crippen LogP contribution in [0, 0.1) is 0 Å². The van der Waals surface area contributed by atoms with Crippen molar-refractivity contribution in [1.29, 1.82) is 0 Å². The van der Waals surface area contributed by atoms with Gasteiger partial charge in [0.2, 0.25) is 0 Å². The molecule has 8 aromatic carbocycles. The molecule has 0 aliphatic carbocycles. The lowest BCUT2D eigenvalue weighted by Crippen LogP contribution is -2.01. The highest BCUT2D eigenvalue weighted by atomic mass is 16.3. The van der Waals surface area contributed by atoms with Gasteiger partial charge in [0.25, 0.3) is 0 Å². The Morgan fingerprint density at radius 2 is 1.09 bits per heavy atom. The molecule has 0 atom stereocenters. The van der Waals surface area contributed by atoms with Crippen LogP contribution >= 0.6 is 0 Å². The average Bonchev–Trinajstić information content (AvgIpc) is 3.85. The predicted octanol–water partition coefficient (Wildman–Crippen LogP) is 12.7. The van der Waals surface area contributed by atoms with Crippen LogP contribution in [-0.4, -0.2) is 19.5 Å². The Kier molecular flexibility index (Phi) is 5.55. The molecule has 0 unspecified atom stereocenters. The maximum atomic E-state index is 9.66. The third-order valence-corrected chi connectivity index (χ3v) is 10.0. The maximum Gasteiger partial charge on any atom is 0.168 e. The van der Waals surface area contributed by atoms with Gasteiger partial charge in [0.05, 0.1) is 24.8 Å². The molecule has 0 fully saturated rings. The topological polar surface area (TPSA) is 56.7 Å². The Morgan fingerprint density at radius 3 is 1.83 bits per heavy atom. The van der Waals surface area contributed by atoms with Gasteiger partial charge in [0.1, 0.15) is 11.2 Å². The van der Waals surface area contributed by atoms with Gasteiger partial charge in [0, 0.05) is 38.4 Å². The van der Waals surface area contributed by atoms with Crippen LogP contribution in [0.5, 0.6) is 0 Å². The van der Waals surface area contributed by atoms with Crippen molar-refractivity contribution in [3.8, 4) is 51.0 Å². The van der Waals surface area contributed by atoms with Crippen molar-refractivity contribution in [2.24, 2.45) is 0 Å². The third kappa shape index (κ3) is 4.83. The number of nitrogens with zero attached hydrogens (tertiary/aromatic N) is 4. The summed E-state index contributed by atoms with van der Waals surface area (Å²) >= 11 is 0. The number of fused-ring (bicyclic) bond motifs is 7. The molecular weight excluding hydrogens is 661 g/mol. The van der Waals surface area contributed by atoms with Crippen LogP contribution in [-0.2, 0) is 0 Å². The molecule has 54 heavy (non-hydrogen) atoms. The molecule has 11 rings (SSSR count). The Hall–Kier alpha value is -7.37. The molecule has 0 amide bonds. The fourth-order valence-electron chi connectivity index (χ4n) is 7.48. The quantitative estimate of drug-likeness (QED) is 0.180. The van der Waals surface area contributed by atoms with E-state index in [1.807, 2.05) is 109 Å². The van der Waals surface area contributed by atoms with E-state index in [4.69, 9.17) is 24.9 Å². The van der Waals surface area contributed by atoms with Crippen LogP contribution in [0.25, 0.3) is 105 Å². The smallest absolute Gasteiger partial charge is 0.168 e. The van der Waals surface area contributed by atoms with Crippen LogP contribution in [0.4, 0.5) is 0 Å². The SMILES string of the molecule is [2H]c1c([2H])c([2H])c2c(oc3c(-c4nc(-c5ccccc5)nc(-c5ccccc5)n4)c(-c4ccc(-n5c6ccccc6c6cc7ccccc7cc65)cc4)c([2H])c([2H])c32)c1[2H]. The van der Waals surface area contributed by atoms with Crippen molar-refractivity contribution in [2.75, 3.05) is 0 Å². The van der Waals surface area contributed by atoms with E-state index >= 15 is 0 Å². The fraction of sp³-hybridized carbons (Fsp3) is 0. The first kappa shape index (κ1) is 24.8. The number of para-hydroxylation sites is 2. The second-order valence-electron chi connectivity index (χ2n) is 13.2. The van der Waals surface area contributed by atoms with Gasteiger partial charge in [-0.05, 0) is 64.3 Å². The zero-order valence-corrected chi connectivity index (χ0v) is 28.6. The zero-order valence-electron chi connectivity index (χ0n) is 34.6. The van der Waals surface area contributed by atoms with Gasteiger partial charge in [-0.15, -0.1) is 0 Å². The third-order valence-electron chi connectivity index (χ3n) is 10.0. The minimum Gasteiger partial charge on any atom is -0.455 e. The number of aromatic nitrogens is 4. The highest BCUT2D eigenvalue weighted by molar-refractivity contribution is 6.14. The summed E-state index contributed by atoms with van der Waals surface area (Å²) in [4.78, 5) is 14.9. The molecule has 3 aromatic heterocycles. The summed E-state index contributed by atoms with van der Waals surface area (Å²) in [6.07, 6.45) is 0. The summed E-state index contributed by atoms with van der Waals surface area (Å²) in [7, 11) is 0. The molecule has 5 nitrogen and oxygen atoms in total. The molecule has 0 spiro atoms. The maximum absolute atomic E-state index is 9.66.